The Morgan fingerprint density at radius 1 is 1.53 bits per heavy atom. The molecule has 0 bridgehead atoms. The summed E-state index contributed by atoms with van der Waals surface area (Å²) in [6.45, 7) is 2.55. The maximum Gasteiger partial charge on any atom is 0.104 e. The Kier molecular flexibility index (Phi) is 4.10. The molecule has 0 spiro atoms. The number of ether oxygens (including phenoxy) is 1. The molecule has 1 aromatic carbocycles. The summed E-state index contributed by atoms with van der Waals surface area (Å²) < 4.78 is 5.40. The number of hydrogen-bond acceptors (Lipinski definition) is 3. The minimum Gasteiger partial charge on any atom is -0.389 e. The summed E-state index contributed by atoms with van der Waals surface area (Å²) in [4.78, 5) is 2.78. The van der Waals surface area contributed by atoms with Crippen LogP contribution in [-0.2, 0) is 11.3 Å². The van der Waals surface area contributed by atoms with Gasteiger partial charge in [0.1, 0.15) is 4.99 Å². The van der Waals surface area contributed by atoms with Gasteiger partial charge < -0.3 is 10.5 Å². The summed E-state index contributed by atoms with van der Waals surface area (Å²) >= 11 is 5.07. The Hall–Kier alpha value is -0.970. The maximum atomic E-state index is 5.73. The van der Waals surface area contributed by atoms with E-state index in [2.05, 4.69) is 18.0 Å². The lowest BCUT2D eigenvalue weighted by Gasteiger charge is -2.23. The third kappa shape index (κ3) is 3.03. The first-order valence-electron chi connectivity index (χ1n) is 5.84. The Bertz CT molecular complexity index is 402. The molecule has 1 aliphatic rings. The zero-order chi connectivity index (χ0) is 12.3. The predicted molar refractivity (Wildman–Crippen MR) is 73.0 cm³/mol. The van der Waals surface area contributed by atoms with Gasteiger partial charge in [-0.1, -0.05) is 36.5 Å². The molecule has 0 radical (unpaired) electrons. The van der Waals surface area contributed by atoms with Crippen molar-refractivity contribution in [2.75, 3.05) is 20.3 Å². The highest BCUT2D eigenvalue weighted by Crippen LogP contribution is 2.16. The van der Waals surface area contributed by atoms with Crippen LogP contribution in [0.15, 0.2) is 24.3 Å². The van der Waals surface area contributed by atoms with E-state index >= 15 is 0 Å². The molecule has 0 saturated carbocycles. The zero-order valence-corrected chi connectivity index (χ0v) is 10.9. The second-order valence-electron chi connectivity index (χ2n) is 4.45. The molecule has 2 rings (SSSR count). The van der Waals surface area contributed by atoms with Gasteiger partial charge in [-0.2, -0.15) is 0 Å². The van der Waals surface area contributed by atoms with E-state index < -0.39 is 0 Å². The van der Waals surface area contributed by atoms with Gasteiger partial charge in [0.05, 0.1) is 6.61 Å². The first-order chi connectivity index (χ1) is 8.18. The molecule has 0 aliphatic carbocycles. The minimum absolute atomic E-state index is 0.469. The minimum atomic E-state index is 0.469. The van der Waals surface area contributed by atoms with E-state index in [1.54, 1.807) is 0 Å². The fraction of sp³-hybridized carbons (Fsp3) is 0.462. The maximum absolute atomic E-state index is 5.73. The van der Waals surface area contributed by atoms with Gasteiger partial charge in [0.15, 0.2) is 0 Å². The van der Waals surface area contributed by atoms with E-state index in [1.165, 1.54) is 5.56 Å². The highest BCUT2D eigenvalue weighted by atomic mass is 32.1. The molecule has 1 unspecified atom stereocenters. The van der Waals surface area contributed by atoms with Crippen LogP contribution < -0.4 is 5.73 Å². The van der Waals surface area contributed by atoms with Crippen molar-refractivity contribution in [3.63, 3.8) is 0 Å². The molecular formula is C13H18N2OS. The molecule has 1 heterocycles. The lowest BCUT2D eigenvalue weighted by molar-refractivity contribution is 0.156. The van der Waals surface area contributed by atoms with Gasteiger partial charge in [-0.3, -0.25) is 4.90 Å². The summed E-state index contributed by atoms with van der Waals surface area (Å²) in [7, 11) is 2.12. The van der Waals surface area contributed by atoms with Crippen molar-refractivity contribution in [3.8, 4) is 0 Å². The molecule has 1 saturated heterocycles. The molecule has 2 N–H and O–H groups in total. The molecule has 0 aromatic heterocycles. The van der Waals surface area contributed by atoms with Crippen molar-refractivity contribution in [2.24, 2.45) is 5.73 Å². The van der Waals surface area contributed by atoms with Gasteiger partial charge >= 0.3 is 0 Å². The van der Waals surface area contributed by atoms with Crippen molar-refractivity contribution >= 4 is 17.2 Å². The van der Waals surface area contributed by atoms with E-state index in [4.69, 9.17) is 22.7 Å². The van der Waals surface area contributed by atoms with E-state index in [9.17, 15) is 0 Å². The average Bonchev–Trinajstić information content (AvgIpc) is 2.83. The quantitative estimate of drug-likeness (QED) is 0.823. The Labute approximate surface area is 108 Å². The summed E-state index contributed by atoms with van der Waals surface area (Å²) in [6, 6.07) is 8.57. The molecule has 1 atom stereocenters. The van der Waals surface area contributed by atoms with Gasteiger partial charge in [0.2, 0.25) is 0 Å². The lowest BCUT2D eigenvalue weighted by atomic mass is 10.1. The molecule has 1 aliphatic heterocycles. The number of likely N-dealkylation sites (N-methyl/N-ethyl adjacent to an activating group) is 1. The van der Waals surface area contributed by atoms with Crippen LogP contribution >= 0.6 is 12.2 Å². The van der Waals surface area contributed by atoms with E-state index in [1.807, 2.05) is 18.2 Å². The van der Waals surface area contributed by atoms with Gasteiger partial charge in [-0.15, -0.1) is 0 Å². The van der Waals surface area contributed by atoms with Crippen LogP contribution in [0.25, 0.3) is 0 Å². The van der Waals surface area contributed by atoms with E-state index in [0.717, 1.165) is 31.7 Å². The standard InChI is InChI=1S/C13H18N2OS/c1-15(11-6-7-16-9-11)8-10-4-2-3-5-12(10)13(14)17/h2-5,11H,6-9H2,1H3,(H2,14,17). The van der Waals surface area contributed by atoms with Crippen LogP contribution in [-0.4, -0.2) is 36.2 Å². The fourth-order valence-corrected chi connectivity index (χ4v) is 2.37. The van der Waals surface area contributed by atoms with Gasteiger partial charge in [0.25, 0.3) is 0 Å². The number of nitrogens with two attached hydrogens (primary N) is 1. The summed E-state index contributed by atoms with van der Waals surface area (Å²) in [5.74, 6) is 0. The topological polar surface area (TPSA) is 38.5 Å². The highest BCUT2D eigenvalue weighted by molar-refractivity contribution is 7.80. The largest absolute Gasteiger partial charge is 0.389 e. The molecular weight excluding hydrogens is 232 g/mol. The molecule has 1 aromatic rings. The number of thiocarbonyl (C=S) groups is 1. The van der Waals surface area contributed by atoms with E-state index in [0.29, 0.717) is 11.0 Å². The van der Waals surface area contributed by atoms with Crippen molar-refractivity contribution in [2.45, 2.75) is 19.0 Å². The molecule has 1 fully saturated rings. The summed E-state index contributed by atoms with van der Waals surface area (Å²) in [5, 5.41) is 0. The third-order valence-electron chi connectivity index (χ3n) is 3.23. The van der Waals surface area contributed by atoms with Crippen LogP contribution in [0.2, 0.25) is 0 Å². The van der Waals surface area contributed by atoms with Crippen LogP contribution in [0, 0.1) is 0 Å². The summed E-state index contributed by atoms with van der Waals surface area (Å²) in [5.41, 5.74) is 7.90. The number of rotatable bonds is 4. The van der Waals surface area contributed by atoms with Gasteiger partial charge in [0, 0.05) is 24.8 Å². The molecule has 17 heavy (non-hydrogen) atoms. The summed E-state index contributed by atoms with van der Waals surface area (Å²) in [6.07, 6.45) is 1.10. The molecule has 4 heteroatoms. The van der Waals surface area contributed by atoms with Crippen molar-refractivity contribution < 1.29 is 4.74 Å². The Morgan fingerprint density at radius 2 is 2.29 bits per heavy atom. The van der Waals surface area contributed by atoms with Crippen molar-refractivity contribution in [1.82, 2.24) is 4.90 Å². The van der Waals surface area contributed by atoms with Crippen LogP contribution in [0.1, 0.15) is 17.5 Å². The first kappa shape index (κ1) is 12.5. The normalized spacial score (nSPS) is 19.8. The zero-order valence-electron chi connectivity index (χ0n) is 10.1. The monoisotopic (exact) mass is 250 g/mol. The molecule has 92 valence electrons. The number of hydrogen-bond donors (Lipinski definition) is 1. The van der Waals surface area contributed by atoms with Crippen LogP contribution in [0.5, 0.6) is 0 Å². The Morgan fingerprint density at radius 3 is 2.94 bits per heavy atom. The second-order valence-corrected chi connectivity index (χ2v) is 4.89. The first-order valence-corrected chi connectivity index (χ1v) is 6.25. The Balaban J connectivity index is 2.09. The van der Waals surface area contributed by atoms with E-state index in [-0.39, 0.29) is 0 Å². The van der Waals surface area contributed by atoms with Gasteiger partial charge in [-0.05, 0) is 19.0 Å². The third-order valence-corrected chi connectivity index (χ3v) is 3.45. The number of nitrogens with zero attached hydrogens (tertiary/aromatic N) is 1. The molecule has 3 nitrogen and oxygen atoms in total. The number of benzene rings is 1. The van der Waals surface area contributed by atoms with Crippen LogP contribution in [0.3, 0.4) is 0 Å². The predicted octanol–water partition coefficient (Wildman–Crippen LogP) is 1.54. The molecule has 0 amide bonds. The fourth-order valence-electron chi connectivity index (χ4n) is 2.17. The lowest BCUT2D eigenvalue weighted by Crippen LogP contribution is -2.32. The van der Waals surface area contributed by atoms with Crippen molar-refractivity contribution in [3.05, 3.63) is 35.4 Å². The average molecular weight is 250 g/mol. The smallest absolute Gasteiger partial charge is 0.104 e. The highest BCUT2D eigenvalue weighted by Gasteiger charge is 2.20. The SMILES string of the molecule is CN(Cc1ccccc1C(N)=S)C1CCOC1. The van der Waals surface area contributed by atoms with Crippen molar-refractivity contribution in [1.29, 1.82) is 0 Å². The second kappa shape index (κ2) is 5.58. The van der Waals surface area contributed by atoms with Crippen LogP contribution in [0.4, 0.5) is 0 Å². The van der Waals surface area contributed by atoms with Gasteiger partial charge in [-0.25, -0.2) is 0 Å².